The Bertz CT molecular complexity index is 6580. The van der Waals surface area contributed by atoms with Gasteiger partial charge < -0.3 is 19.9 Å². The molecule has 0 fully saturated rings. The van der Waals surface area contributed by atoms with Crippen LogP contribution >= 0.6 is 0 Å². The number of rotatable bonds is 34. The Morgan fingerprint density at radius 2 is 0.350 bits per heavy atom. The Morgan fingerprint density at radius 3 is 0.500 bits per heavy atom. The normalized spacial score (nSPS) is 11.3. The van der Waals surface area contributed by atoms with Gasteiger partial charge in [0.15, 0.2) is 0 Å². The van der Waals surface area contributed by atoms with E-state index in [4.69, 9.17) is 29.9 Å². The largest absolute Gasteiger partial charge is 3.00 e. The summed E-state index contributed by atoms with van der Waals surface area (Å²) in [4.78, 5) is 29.6. The molecule has 0 atom stereocenters. The van der Waals surface area contributed by atoms with Crippen molar-refractivity contribution in [1.29, 1.82) is 0 Å². The molecule has 0 aliphatic heterocycles. The summed E-state index contributed by atoms with van der Waals surface area (Å²) in [5.41, 5.74) is 42.0. The summed E-state index contributed by atoms with van der Waals surface area (Å²) in [5.74, 6) is 2.62. The van der Waals surface area contributed by atoms with Crippen LogP contribution in [0.4, 0.5) is 0 Å². The first kappa shape index (κ1) is 97.7. The van der Waals surface area contributed by atoms with Crippen molar-refractivity contribution in [3.05, 3.63) is 436 Å². The van der Waals surface area contributed by atoms with Crippen molar-refractivity contribution in [3.8, 4) is 201 Å². The summed E-state index contributed by atoms with van der Waals surface area (Å²) < 4.78 is 0. The zero-order chi connectivity index (χ0) is 94.2. The fourth-order valence-corrected chi connectivity index (χ4v) is 19.7. The van der Waals surface area contributed by atoms with Crippen molar-refractivity contribution in [2.45, 2.75) is 132 Å². The molecule has 5 heterocycles. The molecule has 8 heteroatoms. The number of pyridine rings is 4. The number of hydrogen-bond acceptors (Lipinski definition) is 6. The number of benzene rings is 14. The minimum atomic E-state index is 0. The third kappa shape index (κ3) is 22.3. The molecule has 0 unspecified atom stereocenters. The first-order valence-corrected chi connectivity index (χ1v) is 49.6. The molecule has 0 saturated heterocycles. The molecule has 6 nitrogen and oxygen atoms in total. The van der Waals surface area contributed by atoms with Crippen LogP contribution < -0.4 is 0 Å². The first-order valence-electron chi connectivity index (χ1n) is 49.6. The van der Waals surface area contributed by atoms with Crippen LogP contribution in [0.5, 0.6) is 0 Å². The van der Waals surface area contributed by atoms with Crippen LogP contribution in [0.3, 0.4) is 0 Å². The molecule has 5 aromatic heterocycles. The second kappa shape index (κ2) is 46.2. The van der Waals surface area contributed by atoms with Gasteiger partial charge in [0.2, 0.25) is 0 Å². The van der Waals surface area contributed by atoms with E-state index in [0.29, 0.717) is 23.7 Å². The molecule has 0 radical (unpaired) electrons. The van der Waals surface area contributed by atoms with Gasteiger partial charge in [0.1, 0.15) is 0 Å². The van der Waals surface area contributed by atoms with Crippen molar-refractivity contribution < 1.29 is 40.2 Å². The Morgan fingerprint density at radius 1 is 0.179 bits per heavy atom. The summed E-state index contributed by atoms with van der Waals surface area (Å²) in [5, 5.41) is 0. The molecule has 140 heavy (non-hydrogen) atoms. The molecule has 0 amide bonds. The predicted molar refractivity (Wildman–Crippen MR) is 575 cm³/mol. The quantitative estimate of drug-likeness (QED) is 0.0374. The van der Waals surface area contributed by atoms with Crippen LogP contribution in [-0.4, -0.2) is 29.9 Å². The fraction of sp³-hybridized carbons (Fsp3) is 0.182. The van der Waals surface area contributed by atoms with Crippen LogP contribution in [-0.2, 0) is 65.9 Å². The van der Waals surface area contributed by atoms with Crippen LogP contribution in [0.1, 0.15) is 129 Å². The van der Waals surface area contributed by atoms with Gasteiger partial charge in [0.25, 0.3) is 0 Å². The Hall–Kier alpha value is -13.9. The average molecular weight is 2170 g/mol. The SMILES string of the molecule is CCC(CC)Cc1ccc(-c2[c-]cc(-c3ccccc3-c3cc(-c4ccccc4-c4c[c-]c(-c5ccc(CC(CC)CC)cn5)cc4)cc(-c4ccccc4-c4c[c-]c(-c5cc(-c6[c-]cc(-c7ccccc7-c7cc(-c8ccccc8-c8c[c-]c(-c9ccc(CC(CC)CC)cn9)cc8)cc(-c8ccccc8-c8c[c-]c(-c9ccc(CC(CC)CC)cn9)cc8)c7)cc6)ncn5)cc4)c3)cc2)nc1.[Ir+3].[Ir+3]. The third-order valence-corrected chi connectivity index (χ3v) is 28.4. The summed E-state index contributed by atoms with van der Waals surface area (Å²) in [6.45, 7) is 18.2. The molecule has 690 valence electrons. The van der Waals surface area contributed by atoms with E-state index >= 15 is 0 Å². The van der Waals surface area contributed by atoms with Crippen molar-refractivity contribution in [3.63, 3.8) is 0 Å². The van der Waals surface area contributed by atoms with Crippen molar-refractivity contribution in [2.24, 2.45) is 23.7 Å². The molecule has 19 rings (SSSR count). The maximum absolute atomic E-state index is 4.96. The first-order chi connectivity index (χ1) is 67.9. The number of hydrogen-bond donors (Lipinski definition) is 0. The molecule has 19 aromatic rings. The average Bonchev–Trinajstić information content (AvgIpc) is 0.767. The van der Waals surface area contributed by atoms with Crippen LogP contribution in [0.15, 0.2) is 377 Å². The second-order valence-corrected chi connectivity index (χ2v) is 36.9. The molecule has 0 bridgehead atoms. The monoisotopic (exact) mass is 2170 g/mol. The predicted octanol–water partition coefficient (Wildman–Crippen LogP) is 34.8. The summed E-state index contributed by atoms with van der Waals surface area (Å²) in [6.07, 6.45) is 23.3. The zero-order valence-corrected chi connectivity index (χ0v) is 85.7. The standard InChI is InChI=1S/C132H114N6.2Ir/c1-9-89(10-2)73-93-41-69-127(133-84-93)103-57-45-97(46-58-103)115-29-17-23-35-121(115)109-77-110(122-36-24-18-30-116(122)98-47-59-104(60-48-98)128-70-42-94(85-134-128)74-90(11-3)12-4)80-113(79-109)125-39-27-21-33-119(125)101-53-65-107(66-54-101)131-83-132(138-88-137-131)108-67-55-102(56-68-108)120-34-22-28-40-126(120)114-81-111(123-37-25-19-31-117(123)99-49-61-105(62-50-99)129-71-43-95(86-135-129)75-91(13-5)14-6)78-112(82-114)124-38-26-20-32-118(124)100-51-63-106(64-52-100)130-72-44-96(87-136-130)76-92(15-7)16-8;;/h17-57,59,61,63,65,67,69-72,77-92H,9-16,73-76H2,1-8H3;;/q-6;2*+3. The molecular formula is C132H114Ir2N6. The van der Waals surface area contributed by atoms with Gasteiger partial charge in [-0.3, -0.25) is 9.97 Å². The van der Waals surface area contributed by atoms with Crippen molar-refractivity contribution in [2.75, 3.05) is 0 Å². The Labute approximate surface area is 855 Å². The van der Waals surface area contributed by atoms with Gasteiger partial charge in [-0.25, -0.2) is 0 Å². The molecule has 0 saturated carbocycles. The van der Waals surface area contributed by atoms with Crippen LogP contribution in [0, 0.1) is 60.1 Å². The van der Waals surface area contributed by atoms with Gasteiger partial charge in [0.05, 0.1) is 6.33 Å². The van der Waals surface area contributed by atoms with E-state index in [9.17, 15) is 0 Å². The van der Waals surface area contributed by atoms with Crippen LogP contribution in [0.2, 0.25) is 0 Å². The maximum atomic E-state index is 4.96. The molecule has 0 N–H and O–H groups in total. The smallest absolute Gasteiger partial charge is 0.304 e. The van der Waals surface area contributed by atoms with Crippen LogP contribution in [0.25, 0.3) is 201 Å². The van der Waals surface area contributed by atoms with E-state index in [1.807, 2.05) is 24.8 Å². The topological polar surface area (TPSA) is 77.3 Å². The maximum Gasteiger partial charge on any atom is 3.00 e. The fourth-order valence-electron chi connectivity index (χ4n) is 19.7. The number of aromatic nitrogens is 6. The molecule has 0 aliphatic carbocycles. The van der Waals surface area contributed by atoms with Gasteiger partial charge in [-0.1, -0.05) is 374 Å². The third-order valence-electron chi connectivity index (χ3n) is 28.4. The molecule has 0 aliphatic rings. The van der Waals surface area contributed by atoms with E-state index in [-0.39, 0.29) is 40.2 Å². The molecule has 0 spiro atoms. The van der Waals surface area contributed by atoms with E-state index in [1.165, 1.54) is 22.3 Å². The number of nitrogens with zero attached hydrogens (tertiary/aromatic N) is 6. The van der Waals surface area contributed by atoms with Gasteiger partial charge in [0, 0.05) is 24.8 Å². The molecular weight excluding hydrogens is 2050 g/mol. The Balaban J connectivity index is 0.00000676. The van der Waals surface area contributed by atoms with Gasteiger partial charge in [-0.05, 0) is 209 Å². The van der Waals surface area contributed by atoms with E-state index in [1.54, 1.807) is 6.33 Å². The summed E-state index contributed by atoms with van der Waals surface area (Å²) in [7, 11) is 0. The van der Waals surface area contributed by atoms with Crippen molar-refractivity contribution >= 4 is 0 Å². The second-order valence-electron chi connectivity index (χ2n) is 36.9. The Kier molecular flexibility index (Phi) is 32.3. The minimum absolute atomic E-state index is 0. The summed E-state index contributed by atoms with van der Waals surface area (Å²) >= 11 is 0. The van der Waals surface area contributed by atoms with Gasteiger partial charge >= 0.3 is 40.2 Å². The van der Waals surface area contributed by atoms with Gasteiger partial charge in [-0.2, -0.15) is 0 Å². The van der Waals surface area contributed by atoms with E-state index in [0.717, 1.165) is 278 Å². The van der Waals surface area contributed by atoms with E-state index in [2.05, 4.69) is 438 Å². The minimum Gasteiger partial charge on any atom is -0.304 e. The molecule has 14 aromatic carbocycles. The summed E-state index contributed by atoms with van der Waals surface area (Å²) in [6, 6.07) is 147. The van der Waals surface area contributed by atoms with Crippen molar-refractivity contribution in [1.82, 2.24) is 29.9 Å². The van der Waals surface area contributed by atoms with Gasteiger partial charge in [-0.15, -0.1) is 179 Å². The zero-order valence-electron chi connectivity index (χ0n) is 80.9. The van der Waals surface area contributed by atoms with E-state index < -0.39 is 0 Å².